The van der Waals surface area contributed by atoms with Gasteiger partial charge < -0.3 is 33.9 Å². The SMILES string of the molecule is [Cr+6].[N-]=C=S.[N-]=C=S.[N-]=C=S.[N-]=C=S.[NH2-].[NH2-]. The average Bonchev–Trinajstić information content (AvgIpc) is 1.92. The van der Waals surface area contributed by atoms with E-state index in [4.69, 9.17) is 21.6 Å². The van der Waals surface area contributed by atoms with Crippen molar-refractivity contribution in [1.82, 2.24) is 0 Å². The molecule has 0 aromatic rings. The topological polar surface area (TPSA) is 156 Å². The van der Waals surface area contributed by atoms with Crippen LogP contribution in [0.2, 0.25) is 0 Å². The van der Waals surface area contributed by atoms with Crippen molar-refractivity contribution in [3.8, 4) is 0 Å². The summed E-state index contributed by atoms with van der Waals surface area (Å²) in [6.07, 6.45) is 0. The van der Waals surface area contributed by atoms with Gasteiger partial charge in [-0.3, -0.25) is 0 Å². The Morgan fingerprint density at radius 3 is 0.533 bits per heavy atom. The van der Waals surface area contributed by atoms with Gasteiger partial charge in [0.25, 0.3) is 0 Å². The van der Waals surface area contributed by atoms with E-state index in [2.05, 4.69) is 48.9 Å². The molecule has 0 bridgehead atoms. The molecule has 0 radical (unpaired) electrons. The first-order valence-electron chi connectivity index (χ1n) is 1.71. The van der Waals surface area contributed by atoms with Crippen molar-refractivity contribution in [2.45, 2.75) is 0 Å². The van der Waals surface area contributed by atoms with Crippen molar-refractivity contribution >= 4 is 69.5 Å². The summed E-state index contributed by atoms with van der Waals surface area (Å²) < 4.78 is 0. The van der Waals surface area contributed by atoms with Crippen LogP contribution in [0.5, 0.6) is 0 Å². The second-order valence-corrected chi connectivity index (χ2v) is 1.10. The van der Waals surface area contributed by atoms with Crippen LogP contribution in [0, 0.1) is 0 Å². The molecular weight excluding hydrogens is 312 g/mol. The van der Waals surface area contributed by atoms with Crippen LogP contribution in [0.25, 0.3) is 33.9 Å². The minimum Gasteiger partial charge on any atom is -0.753 e. The van der Waals surface area contributed by atoms with E-state index in [0.29, 0.717) is 0 Å². The molecule has 0 aliphatic heterocycles. The van der Waals surface area contributed by atoms with Crippen LogP contribution in [0.3, 0.4) is 0 Å². The summed E-state index contributed by atoms with van der Waals surface area (Å²) in [6, 6.07) is 0. The maximum Gasteiger partial charge on any atom is 6.00 e. The summed E-state index contributed by atoms with van der Waals surface area (Å²) in [5, 5.41) is 33.9. The summed E-state index contributed by atoms with van der Waals surface area (Å²) >= 11 is 14.8. The number of nitrogens with two attached hydrogens (primary N) is 2. The Hall–Kier alpha value is -0.348. The van der Waals surface area contributed by atoms with Crippen LogP contribution in [0.1, 0.15) is 0 Å². The fraction of sp³-hybridized carbons (Fsp3) is 0. The van der Waals surface area contributed by atoms with Gasteiger partial charge in [0.05, 0.1) is 0 Å². The largest absolute Gasteiger partial charge is 6.00 e. The molecule has 6 nitrogen and oxygen atoms in total. The number of isothiocyanates is 4. The number of nitrogens with zero attached hydrogens (tertiary/aromatic N) is 4. The smallest absolute Gasteiger partial charge is 0.753 e. The van der Waals surface area contributed by atoms with Gasteiger partial charge in [-0.1, -0.05) is 48.9 Å². The Morgan fingerprint density at radius 2 is 0.533 bits per heavy atom. The van der Waals surface area contributed by atoms with E-state index in [9.17, 15) is 0 Å². The molecule has 0 atom stereocenters. The summed E-state index contributed by atoms with van der Waals surface area (Å²) in [7, 11) is 0. The predicted molar refractivity (Wildman–Crippen MR) is 74.4 cm³/mol. The zero-order valence-corrected chi connectivity index (χ0v) is 11.5. The molecule has 0 aliphatic rings. The zero-order chi connectivity index (χ0) is 10.8. The second-order valence-electron chi connectivity index (χ2n) is 0.365. The summed E-state index contributed by atoms with van der Waals surface area (Å²) in [5.41, 5.74) is 0. The van der Waals surface area contributed by atoms with E-state index >= 15 is 0 Å². The predicted octanol–water partition coefficient (Wildman–Crippen LogP) is 4.07. The molecule has 0 rings (SSSR count). The van der Waals surface area contributed by atoms with Crippen LogP contribution >= 0.6 is 48.9 Å². The van der Waals surface area contributed by atoms with Crippen LogP contribution in [0.4, 0.5) is 0 Å². The van der Waals surface area contributed by atoms with Gasteiger partial charge in [-0.15, -0.1) is 0 Å². The molecule has 0 aromatic carbocycles. The molecule has 0 fully saturated rings. The van der Waals surface area contributed by atoms with Crippen molar-refractivity contribution < 1.29 is 17.4 Å². The standard InChI is InChI=1S/4CNS.Cr.2H2N/c4*2-1-3;;;/h;;;;;2*1H2/q4*-1;+6;2*-1. The minimum atomic E-state index is 0. The maximum atomic E-state index is 7.13. The van der Waals surface area contributed by atoms with Gasteiger partial charge in [-0.25, -0.2) is 0 Å². The first kappa shape index (κ1) is 46.6. The van der Waals surface area contributed by atoms with Gasteiger partial charge in [-0.2, -0.15) is 20.6 Å². The van der Waals surface area contributed by atoms with Crippen molar-refractivity contribution in [3.63, 3.8) is 0 Å². The molecule has 0 aliphatic carbocycles. The monoisotopic (exact) mass is 316 g/mol. The van der Waals surface area contributed by atoms with Crippen LogP contribution in [0.15, 0.2) is 0 Å². The fourth-order valence-electron chi connectivity index (χ4n) is 0. The third-order valence-corrected chi connectivity index (χ3v) is 0. The van der Waals surface area contributed by atoms with Crippen molar-refractivity contribution in [2.24, 2.45) is 0 Å². The summed E-state index contributed by atoms with van der Waals surface area (Å²) in [5.74, 6) is 0. The van der Waals surface area contributed by atoms with Gasteiger partial charge >= 0.3 is 17.4 Å². The number of thiocarbonyl (C=S) groups is 4. The molecule has 0 aromatic heterocycles. The third kappa shape index (κ3) is 15300. The Bertz CT molecular complexity index is 159. The molecular formula is C4H4CrN6S4. The normalized spacial score (nSPS) is 2.13. The van der Waals surface area contributed by atoms with Gasteiger partial charge in [0.1, 0.15) is 0 Å². The van der Waals surface area contributed by atoms with Crippen LogP contribution in [-0.2, 0) is 17.4 Å². The molecule has 0 spiro atoms. The quantitative estimate of drug-likeness (QED) is 0.487. The minimum absolute atomic E-state index is 0. The van der Waals surface area contributed by atoms with Crippen molar-refractivity contribution in [3.05, 3.63) is 33.9 Å². The summed E-state index contributed by atoms with van der Waals surface area (Å²) in [4.78, 5) is 0. The Kier molecular flexibility index (Phi) is 509. The molecule has 4 N–H and O–H groups in total. The second kappa shape index (κ2) is 164. The number of hydrogen-bond acceptors (Lipinski definition) is 4. The van der Waals surface area contributed by atoms with E-state index in [1.165, 1.54) is 20.6 Å². The molecule has 0 saturated heterocycles. The summed E-state index contributed by atoms with van der Waals surface area (Å²) in [6.45, 7) is 0. The Labute approximate surface area is 120 Å². The fourth-order valence-corrected chi connectivity index (χ4v) is 0. The average molecular weight is 316 g/mol. The maximum absolute atomic E-state index is 7.13. The zero-order valence-electron chi connectivity index (χ0n) is 6.98. The van der Waals surface area contributed by atoms with E-state index in [-0.39, 0.29) is 29.7 Å². The van der Waals surface area contributed by atoms with E-state index in [0.717, 1.165) is 0 Å². The first-order valence-corrected chi connectivity index (χ1v) is 3.34. The molecule has 80 valence electrons. The van der Waals surface area contributed by atoms with Gasteiger partial charge in [0.2, 0.25) is 0 Å². The van der Waals surface area contributed by atoms with Gasteiger partial charge in [-0.05, 0) is 0 Å². The number of rotatable bonds is 0. The van der Waals surface area contributed by atoms with Crippen molar-refractivity contribution in [1.29, 1.82) is 0 Å². The molecule has 0 heterocycles. The molecule has 11 heteroatoms. The van der Waals surface area contributed by atoms with E-state index in [1.807, 2.05) is 0 Å². The first-order chi connectivity index (χ1) is 5.66. The molecule has 15 heavy (non-hydrogen) atoms. The van der Waals surface area contributed by atoms with E-state index < -0.39 is 0 Å². The van der Waals surface area contributed by atoms with Gasteiger partial charge in [0.15, 0.2) is 0 Å². The van der Waals surface area contributed by atoms with Gasteiger partial charge in [0, 0.05) is 0 Å². The van der Waals surface area contributed by atoms with Crippen LogP contribution < -0.4 is 0 Å². The van der Waals surface area contributed by atoms with Crippen molar-refractivity contribution in [2.75, 3.05) is 0 Å². The third-order valence-electron chi connectivity index (χ3n) is 0. The molecule has 0 amide bonds. The van der Waals surface area contributed by atoms with Crippen LogP contribution in [-0.4, -0.2) is 20.6 Å². The molecule has 0 saturated carbocycles. The molecule has 0 unspecified atom stereocenters. The number of hydrogen-bond donors (Lipinski definition) is 0. The van der Waals surface area contributed by atoms with E-state index in [1.54, 1.807) is 0 Å². The Balaban J connectivity index is -0.0000000107. The Morgan fingerprint density at radius 1 is 0.533 bits per heavy atom.